The van der Waals surface area contributed by atoms with Crippen LogP contribution in [-0.2, 0) is 16.1 Å². The fourth-order valence-corrected chi connectivity index (χ4v) is 1.75. The fourth-order valence-electron chi connectivity index (χ4n) is 1.75. The molecule has 0 aliphatic carbocycles. The van der Waals surface area contributed by atoms with Gasteiger partial charge in [0.25, 0.3) is 0 Å². The minimum absolute atomic E-state index is 0.123. The van der Waals surface area contributed by atoms with Crippen LogP contribution in [0.5, 0.6) is 11.5 Å². The smallest absolute Gasteiger partial charge is 0.343 e. The molecule has 0 aliphatic heterocycles. The first-order valence-corrected chi connectivity index (χ1v) is 7.22. The molecule has 0 aliphatic rings. The van der Waals surface area contributed by atoms with Gasteiger partial charge in [0.05, 0.1) is 13.7 Å². The molecule has 0 atom stereocenters. The molecule has 0 saturated heterocycles. The predicted octanol–water partition coefficient (Wildman–Crippen LogP) is 2.38. The Bertz CT molecular complexity index is 446. The number of methoxy groups -OCH3 is 1. The highest BCUT2D eigenvalue weighted by atomic mass is 16.6. The summed E-state index contributed by atoms with van der Waals surface area (Å²) in [6.45, 7) is 8.40. The van der Waals surface area contributed by atoms with E-state index < -0.39 is 5.97 Å². The van der Waals surface area contributed by atoms with E-state index in [-0.39, 0.29) is 6.61 Å². The summed E-state index contributed by atoms with van der Waals surface area (Å²) in [6, 6.07) is 5.71. The Morgan fingerprint density at radius 1 is 1.24 bits per heavy atom. The van der Waals surface area contributed by atoms with Crippen molar-refractivity contribution in [1.29, 1.82) is 0 Å². The molecule has 0 amide bonds. The van der Waals surface area contributed by atoms with Gasteiger partial charge in [-0.25, -0.2) is 4.79 Å². The Morgan fingerprint density at radius 2 is 2.00 bits per heavy atom. The van der Waals surface area contributed by atoms with E-state index in [4.69, 9.17) is 9.47 Å². The van der Waals surface area contributed by atoms with Crippen molar-refractivity contribution in [2.75, 3.05) is 26.9 Å². The Morgan fingerprint density at radius 3 is 2.62 bits per heavy atom. The highest BCUT2D eigenvalue weighted by Gasteiger charge is 2.09. The molecule has 1 N–H and O–H groups in total. The molecular formula is C16H25NO4. The third-order valence-corrected chi connectivity index (χ3v) is 2.76. The average Bonchev–Trinajstić information content (AvgIpc) is 2.46. The van der Waals surface area contributed by atoms with E-state index in [2.05, 4.69) is 23.9 Å². The summed E-state index contributed by atoms with van der Waals surface area (Å²) in [5, 5.41) is 3.38. The lowest BCUT2D eigenvalue weighted by Gasteiger charge is -2.13. The average molecular weight is 295 g/mol. The molecule has 0 saturated carbocycles. The summed E-state index contributed by atoms with van der Waals surface area (Å²) < 4.78 is 15.5. The molecule has 0 spiro atoms. The van der Waals surface area contributed by atoms with Gasteiger partial charge in [-0.05, 0) is 37.1 Å². The lowest BCUT2D eigenvalue weighted by molar-refractivity contribution is -0.142. The van der Waals surface area contributed by atoms with Crippen molar-refractivity contribution in [2.24, 2.45) is 5.92 Å². The van der Waals surface area contributed by atoms with Crippen LogP contribution in [0.2, 0.25) is 0 Å². The van der Waals surface area contributed by atoms with Gasteiger partial charge in [0.1, 0.15) is 0 Å². The molecule has 118 valence electrons. The maximum atomic E-state index is 11.1. The Balaban J connectivity index is 2.69. The third-order valence-electron chi connectivity index (χ3n) is 2.76. The van der Waals surface area contributed by atoms with Crippen LogP contribution in [0.3, 0.4) is 0 Å². The van der Waals surface area contributed by atoms with Crippen molar-refractivity contribution in [3.8, 4) is 11.5 Å². The first kappa shape index (κ1) is 17.3. The third kappa shape index (κ3) is 6.49. The number of hydrogen-bond acceptors (Lipinski definition) is 5. The minimum Gasteiger partial charge on any atom is -0.490 e. The number of carbonyl (C=O) groups is 1. The molecule has 1 aromatic rings. The van der Waals surface area contributed by atoms with E-state index in [1.165, 1.54) is 7.11 Å². The van der Waals surface area contributed by atoms with Gasteiger partial charge in [0, 0.05) is 6.54 Å². The number of carbonyl (C=O) groups excluding carboxylic acids is 1. The molecule has 5 heteroatoms. The van der Waals surface area contributed by atoms with Crippen molar-refractivity contribution >= 4 is 5.97 Å². The lowest BCUT2D eigenvalue weighted by atomic mass is 10.2. The Labute approximate surface area is 126 Å². The number of rotatable bonds is 9. The van der Waals surface area contributed by atoms with Gasteiger partial charge in [-0.3, -0.25) is 0 Å². The SMILES string of the molecule is CCOc1cc(CNCC(C)C)ccc1OCC(=O)OC. The zero-order chi connectivity index (χ0) is 15.7. The second kappa shape index (κ2) is 9.23. The van der Waals surface area contributed by atoms with E-state index in [1.807, 2.05) is 25.1 Å². The maximum absolute atomic E-state index is 11.1. The molecule has 5 nitrogen and oxygen atoms in total. The standard InChI is InChI=1S/C16H25NO4/c1-5-20-15-8-13(10-17-9-12(2)3)6-7-14(15)21-11-16(18)19-4/h6-8,12,17H,5,9-11H2,1-4H3. The number of esters is 1. The molecule has 0 radical (unpaired) electrons. The molecule has 0 unspecified atom stereocenters. The molecule has 0 aromatic heterocycles. The van der Waals surface area contributed by atoms with Crippen molar-refractivity contribution in [2.45, 2.75) is 27.3 Å². The van der Waals surface area contributed by atoms with Crippen molar-refractivity contribution in [3.63, 3.8) is 0 Å². The van der Waals surface area contributed by atoms with Gasteiger partial charge in [-0.1, -0.05) is 19.9 Å². The number of benzene rings is 1. The van der Waals surface area contributed by atoms with Gasteiger partial charge < -0.3 is 19.5 Å². The highest BCUT2D eigenvalue weighted by Crippen LogP contribution is 2.28. The fraction of sp³-hybridized carbons (Fsp3) is 0.562. The van der Waals surface area contributed by atoms with Gasteiger partial charge in [-0.2, -0.15) is 0 Å². The van der Waals surface area contributed by atoms with Gasteiger partial charge in [-0.15, -0.1) is 0 Å². The molecule has 1 rings (SSSR count). The number of nitrogens with one attached hydrogen (secondary N) is 1. The zero-order valence-electron chi connectivity index (χ0n) is 13.3. The first-order valence-electron chi connectivity index (χ1n) is 7.22. The van der Waals surface area contributed by atoms with Gasteiger partial charge in [0.15, 0.2) is 18.1 Å². The van der Waals surface area contributed by atoms with Crippen LogP contribution in [0.25, 0.3) is 0 Å². The molecule has 0 fully saturated rings. The molecule has 0 bridgehead atoms. The summed E-state index contributed by atoms with van der Waals surface area (Å²) in [7, 11) is 1.33. The quantitative estimate of drug-likeness (QED) is 0.709. The van der Waals surface area contributed by atoms with Crippen LogP contribution in [0.15, 0.2) is 18.2 Å². The van der Waals surface area contributed by atoms with Crippen LogP contribution >= 0.6 is 0 Å². The topological polar surface area (TPSA) is 56.8 Å². The van der Waals surface area contributed by atoms with Crippen LogP contribution in [0.4, 0.5) is 0 Å². The molecular weight excluding hydrogens is 270 g/mol. The maximum Gasteiger partial charge on any atom is 0.343 e. The van der Waals surface area contributed by atoms with Crippen LogP contribution in [0, 0.1) is 5.92 Å². The monoisotopic (exact) mass is 295 g/mol. The summed E-state index contributed by atoms with van der Waals surface area (Å²) in [4.78, 5) is 11.1. The van der Waals surface area contributed by atoms with Gasteiger partial charge >= 0.3 is 5.97 Å². The van der Waals surface area contributed by atoms with E-state index in [0.29, 0.717) is 24.0 Å². The van der Waals surface area contributed by atoms with Crippen LogP contribution in [0.1, 0.15) is 26.3 Å². The van der Waals surface area contributed by atoms with E-state index >= 15 is 0 Å². The summed E-state index contributed by atoms with van der Waals surface area (Å²) >= 11 is 0. The second-order valence-electron chi connectivity index (χ2n) is 5.10. The minimum atomic E-state index is -0.417. The van der Waals surface area contributed by atoms with Crippen LogP contribution < -0.4 is 14.8 Å². The van der Waals surface area contributed by atoms with Crippen molar-refractivity contribution < 1.29 is 19.0 Å². The van der Waals surface area contributed by atoms with Crippen LogP contribution in [-0.4, -0.2) is 32.8 Å². The van der Waals surface area contributed by atoms with Crippen molar-refractivity contribution in [1.82, 2.24) is 5.32 Å². The Hall–Kier alpha value is -1.75. The highest BCUT2D eigenvalue weighted by molar-refractivity contribution is 5.71. The molecule has 21 heavy (non-hydrogen) atoms. The van der Waals surface area contributed by atoms with E-state index in [9.17, 15) is 4.79 Å². The summed E-state index contributed by atoms with van der Waals surface area (Å²) in [6.07, 6.45) is 0. The predicted molar refractivity (Wildman–Crippen MR) is 81.7 cm³/mol. The van der Waals surface area contributed by atoms with E-state index in [0.717, 1.165) is 18.7 Å². The largest absolute Gasteiger partial charge is 0.490 e. The van der Waals surface area contributed by atoms with E-state index in [1.54, 1.807) is 0 Å². The zero-order valence-corrected chi connectivity index (χ0v) is 13.3. The van der Waals surface area contributed by atoms with Crippen molar-refractivity contribution in [3.05, 3.63) is 23.8 Å². The normalized spacial score (nSPS) is 10.5. The first-order chi connectivity index (χ1) is 10.1. The number of ether oxygens (including phenoxy) is 3. The molecule has 0 heterocycles. The summed E-state index contributed by atoms with van der Waals surface area (Å²) in [5.41, 5.74) is 1.12. The van der Waals surface area contributed by atoms with Gasteiger partial charge in [0.2, 0.25) is 0 Å². The molecule has 1 aromatic carbocycles. The lowest BCUT2D eigenvalue weighted by Crippen LogP contribution is -2.19. The Kier molecular flexibility index (Phi) is 7.61. The summed E-state index contributed by atoms with van der Waals surface area (Å²) in [5.74, 6) is 1.39. The second-order valence-corrected chi connectivity index (χ2v) is 5.10. The number of hydrogen-bond donors (Lipinski definition) is 1.